The van der Waals surface area contributed by atoms with Gasteiger partial charge in [-0.2, -0.15) is 0 Å². The Morgan fingerprint density at radius 1 is 0.879 bits per heavy atom. The SMILES string of the molecule is Cc1ccc(S(=O)(=O)c2ccc(C(=O)Nc3cc(-c4ccc(F)cc4)ccc3N)cc2)cn1. The summed E-state index contributed by atoms with van der Waals surface area (Å²) < 4.78 is 38.8. The van der Waals surface area contributed by atoms with Crippen molar-refractivity contribution in [2.24, 2.45) is 0 Å². The highest BCUT2D eigenvalue weighted by atomic mass is 32.2. The second kappa shape index (κ2) is 8.84. The highest BCUT2D eigenvalue weighted by molar-refractivity contribution is 7.91. The van der Waals surface area contributed by atoms with E-state index in [1.165, 1.54) is 48.7 Å². The number of halogens is 1. The van der Waals surface area contributed by atoms with E-state index in [-0.39, 0.29) is 21.2 Å². The Labute approximate surface area is 190 Å². The zero-order chi connectivity index (χ0) is 23.6. The molecular weight excluding hydrogens is 441 g/mol. The number of hydrogen-bond donors (Lipinski definition) is 2. The lowest BCUT2D eigenvalue weighted by Crippen LogP contribution is -2.13. The van der Waals surface area contributed by atoms with E-state index in [0.717, 1.165) is 11.1 Å². The Hall–Kier alpha value is -4.04. The van der Waals surface area contributed by atoms with Crippen molar-refractivity contribution in [1.82, 2.24) is 4.98 Å². The van der Waals surface area contributed by atoms with Gasteiger partial charge in [0.05, 0.1) is 21.2 Å². The van der Waals surface area contributed by atoms with Crippen LogP contribution < -0.4 is 11.1 Å². The molecule has 0 aliphatic carbocycles. The Balaban J connectivity index is 1.55. The van der Waals surface area contributed by atoms with Crippen molar-refractivity contribution in [3.63, 3.8) is 0 Å². The number of nitrogen functional groups attached to an aromatic ring is 1. The van der Waals surface area contributed by atoms with Gasteiger partial charge in [-0.15, -0.1) is 0 Å². The lowest BCUT2D eigenvalue weighted by atomic mass is 10.0. The number of pyridine rings is 1. The van der Waals surface area contributed by atoms with Gasteiger partial charge in [0.15, 0.2) is 0 Å². The van der Waals surface area contributed by atoms with Crippen molar-refractivity contribution < 1.29 is 17.6 Å². The number of rotatable bonds is 5. The van der Waals surface area contributed by atoms with Gasteiger partial charge in [0, 0.05) is 17.5 Å². The van der Waals surface area contributed by atoms with Crippen molar-refractivity contribution in [3.8, 4) is 11.1 Å². The molecule has 0 atom stereocenters. The molecule has 3 N–H and O–H groups in total. The molecule has 8 heteroatoms. The van der Waals surface area contributed by atoms with Crippen LogP contribution in [-0.2, 0) is 9.84 Å². The molecule has 33 heavy (non-hydrogen) atoms. The van der Waals surface area contributed by atoms with E-state index >= 15 is 0 Å². The molecule has 0 aliphatic rings. The number of aryl methyl sites for hydroxylation is 1. The van der Waals surface area contributed by atoms with Crippen molar-refractivity contribution in [2.45, 2.75) is 16.7 Å². The van der Waals surface area contributed by atoms with Gasteiger partial charge >= 0.3 is 0 Å². The van der Waals surface area contributed by atoms with Gasteiger partial charge in [-0.3, -0.25) is 9.78 Å². The summed E-state index contributed by atoms with van der Waals surface area (Å²) in [6.45, 7) is 1.77. The molecule has 0 aliphatic heterocycles. The van der Waals surface area contributed by atoms with Gasteiger partial charge in [0.2, 0.25) is 9.84 Å². The van der Waals surface area contributed by atoms with Gasteiger partial charge < -0.3 is 11.1 Å². The van der Waals surface area contributed by atoms with E-state index in [9.17, 15) is 17.6 Å². The molecular formula is C25H20FN3O3S. The Kier molecular flexibility index (Phi) is 5.93. The third-order valence-electron chi connectivity index (χ3n) is 5.10. The van der Waals surface area contributed by atoms with Crippen LogP contribution in [0.1, 0.15) is 16.1 Å². The van der Waals surface area contributed by atoms with Crippen LogP contribution in [0.25, 0.3) is 11.1 Å². The molecule has 3 aromatic carbocycles. The lowest BCUT2D eigenvalue weighted by Gasteiger charge is -2.11. The van der Waals surface area contributed by atoms with Crippen LogP contribution in [0.15, 0.2) is 94.9 Å². The lowest BCUT2D eigenvalue weighted by molar-refractivity contribution is 0.102. The minimum atomic E-state index is -3.74. The van der Waals surface area contributed by atoms with E-state index < -0.39 is 15.7 Å². The van der Waals surface area contributed by atoms with Gasteiger partial charge in [-0.25, -0.2) is 12.8 Å². The van der Waals surface area contributed by atoms with Gasteiger partial charge in [0.1, 0.15) is 5.82 Å². The first-order chi connectivity index (χ1) is 15.7. The average Bonchev–Trinajstić information content (AvgIpc) is 2.81. The second-order valence-electron chi connectivity index (χ2n) is 7.43. The van der Waals surface area contributed by atoms with Crippen molar-refractivity contribution in [2.75, 3.05) is 11.1 Å². The number of sulfone groups is 1. The number of aromatic nitrogens is 1. The normalized spacial score (nSPS) is 11.2. The minimum absolute atomic E-state index is 0.0579. The number of anilines is 2. The predicted molar refractivity (Wildman–Crippen MR) is 125 cm³/mol. The number of carbonyl (C=O) groups excluding carboxylic acids is 1. The fourth-order valence-corrected chi connectivity index (χ4v) is 4.42. The van der Waals surface area contributed by atoms with Crippen LogP contribution in [0.5, 0.6) is 0 Å². The number of benzene rings is 3. The number of nitrogens with two attached hydrogens (primary N) is 1. The van der Waals surface area contributed by atoms with E-state index in [0.29, 0.717) is 17.1 Å². The van der Waals surface area contributed by atoms with Crippen LogP contribution >= 0.6 is 0 Å². The van der Waals surface area contributed by atoms with Gasteiger partial charge in [-0.1, -0.05) is 18.2 Å². The third kappa shape index (κ3) is 4.75. The molecule has 0 bridgehead atoms. The summed E-state index contributed by atoms with van der Waals surface area (Å²) in [5.41, 5.74) is 9.27. The summed E-state index contributed by atoms with van der Waals surface area (Å²) in [6, 6.07) is 19.8. The first kappa shape index (κ1) is 22.2. The van der Waals surface area contributed by atoms with E-state index in [1.807, 2.05) is 0 Å². The monoisotopic (exact) mass is 461 g/mol. The molecule has 4 rings (SSSR count). The predicted octanol–water partition coefficient (Wildman–Crippen LogP) is 4.86. The largest absolute Gasteiger partial charge is 0.397 e. The quantitative estimate of drug-likeness (QED) is 0.413. The van der Waals surface area contributed by atoms with E-state index in [1.54, 1.807) is 43.3 Å². The van der Waals surface area contributed by atoms with Crippen molar-refractivity contribution in [1.29, 1.82) is 0 Å². The molecule has 0 saturated carbocycles. The molecule has 166 valence electrons. The Morgan fingerprint density at radius 3 is 2.15 bits per heavy atom. The van der Waals surface area contributed by atoms with Crippen molar-refractivity contribution in [3.05, 3.63) is 102 Å². The molecule has 1 aromatic heterocycles. The highest BCUT2D eigenvalue weighted by Gasteiger charge is 2.19. The van der Waals surface area contributed by atoms with Crippen LogP contribution in [-0.4, -0.2) is 19.3 Å². The van der Waals surface area contributed by atoms with Crippen LogP contribution in [0, 0.1) is 12.7 Å². The summed E-state index contributed by atoms with van der Waals surface area (Å²) >= 11 is 0. The van der Waals surface area contributed by atoms with Crippen LogP contribution in [0.2, 0.25) is 0 Å². The molecule has 1 heterocycles. The standard InChI is InChI=1S/C25H20FN3O3S/c1-16-2-10-22(15-28-16)33(31,32)21-11-5-18(6-12-21)25(30)29-24-14-19(7-13-23(24)27)17-3-8-20(26)9-4-17/h2-15H,27H2,1H3,(H,29,30). The first-order valence-electron chi connectivity index (χ1n) is 9.99. The number of amides is 1. The number of carbonyl (C=O) groups is 1. The number of nitrogens with one attached hydrogen (secondary N) is 1. The Morgan fingerprint density at radius 2 is 1.52 bits per heavy atom. The van der Waals surface area contributed by atoms with E-state index in [2.05, 4.69) is 10.3 Å². The molecule has 0 radical (unpaired) electrons. The minimum Gasteiger partial charge on any atom is -0.397 e. The fourth-order valence-electron chi connectivity index (χ4n) is 3.22. The molecule has 0 fully saturated rings. The highest BCUT2D eigenvalue weighted by Crippen LogP contribution is 2.28. The summed E-state index contributed by atoms with van der Waals surface area (Å²) in [7, 11) is -3.74. The smallest absolute Gasteiger partial charge is 0.255 e. The van der Waals surface area contributed by atoms with Gasteiger partial charge in [-0.05, 0) is 78.7 Å². The summed E-state index contributed by atoms with van der Waals surface area (Å²) in [5, 5.41) is 2.75. The Bertz CT molecular complexity index is 1420. The molecule has 4 aromatic rings. The maximum Gasteiger partial charge on any atom is 0.255 e. The molecule has 0 spiro atoms. The maximum absolute atomic E-state index is 13.2. The zero-order valence-corrected chi connectivity index (χ0v) is 18.4. The van der Waals surface area contributed by atoms with Crippen LogP contribution in [0.3, 0.4) is 0 Å². The molecule has 6 nitrogen and oxygen atoms in total. The fraction of sp³-hybridized carbons (Fsp3) is 0.0400. The average molecular weight is 462 g/mol. The summed E-state index contributed by atoms with van der Waals surface area (Å²) in [6.07, 6.45) is 1.31. The molecule has 0 unspecified atom stereocenters. The maximum atomic E-state index is 13.2. The van der Waals surface area contributed by atoms with Gasteiger partial charge in [0.25, 0.3) is 5.91 Å². The van der Waals surface area contributed by atoms with E-state index in [4.69, 9.17) is 5.73 Å². The number of hydrogen-bond acceptors (Lipinski definition) is 5. The summed E-state index contributed by atoms with van der Waals surface area (Å²) in [4.78, 5) is 16.9. The summed E-state index contributed by atoms with van der Waals surface area (Å²) in [5.74, 6) is -0.786. The number of nitrogens with zero attached hydrogens (tertiary/aromatic N) is 1. The van der Waals surface area contributed by atoms with Crippen molar-refractivity contribution >= 4 is 27.1 Å². The topological polar surface area (TPSA) is 102 Å². The second-order valence-corrected chi connectivity index (χ2v) is 9.38. The third-order valence-corrected chi connectivity index (χ3v) is 6.86. The zero-order valence-electron chi connectivity index (χ0n) is 17.6. The first-order valence-corrected chi connectivity index (χ1v) is 11.5. The van der Waals surface area contributed by atoms with Crippen LogP contribution in [0.4, 0.5) is 15.8 Å². The molecule has 0 saturated heterocycles. The molecule has 1 amide bonds.